The Hall–Kier alpha value is -3.85. The largest absolute Gasteiger partial charge is 0.422 e. The number of nitrogen functional groups attached to an aromatic ring is 1. The predicted molar refractivity (Wildman–Crippen MR) is 127 cm³/mol. The zero-order chi connectivity index (χ0) is 23.1. The minimum Gasteiger partial charge on any atom is -0.422 e. The zero-order valence-corrected chi connectivity index (χ0v) is 18.6. The lowest BCUT2D eigenvalue weighted by Crippen LogP contribution is -2.36. The molecule has 1 saturated carbocycles. The molecule has 4 aromatic rings. The second-order valence-corrected chi connectivity index (χ2v) is 8.70. The lowest BCUT2D eigenvalue weighted by molar-refractivity contribution is 0.0988. The van der Waals surface area contributed by atoms with E-state index in [1.54, 1.807) is 18.3 Å². The van der Waals surface area contributed by atoms with Crippen molar-refractivity contribution in [3.63, 3.8) is 0 Å². The van der Waals surface area contributed by atoms with E-state index in [0.717, 1.165) is 42.8 Å². The van der Waals surface area contributed by atoms with Gasteiger partial charge in [0.25, 0.3) is 6.01 Å². The van der Waals surface area contributed by atoms with Crippen molar-refractivity contribution >= 4 is 28.8 Å². The fraction of sp³-hybridized carbons (Fsp3) is 0.320. The summed E-state index contributed by atoms with van der Waals surface area (Å²) in [5.41, 5.74) is 10.6. The standard InChI is InChI=1S/C25H24N6O3/c26-22-7-6-16(14-27-22)18-2-1-3-19(28-18)20(32)12-17-13-21-24(29-23(17)15-4-5-15)30-25(34-21)31-8-10-33-11-9-31/h1-3,6-7,13-15H,4-5,8-12H2,(H2,26,27). The Morgan fingerprint density at radius 3 is 2.71 bits per heavy atom. The molecule has 0 amide bonds. The number of oxazole rings is 1. The molecule has 4 aromatic heterocycles. The quantitative estimate of drug-likeness (QED) is 0.435. The van der Waals surface area contributed by atoms with Crippen molar-refractivity contribution < 1.29 is 13.9 Å². The molecule has 1 aliphatic carbocycles. The van der Waals surface area contributed by atoms with Gasteiger partial charge in [0.15, 0.2) is 11.4 Å². The summed E-state index contributed by atoms with van der Waals surface area (Å²) < 4.78 is 11.5. The highest BCUT2D eigenvalue weighted by molar-refractivity contribution is 5.96. The highest BCUT2D eigenvalue weighted by atomic mass is 16.5. The lowest BCUT2D eigenvalue weighted by atomic mass is 10.0. The minimum atomic E-state index is -0.0683. The first-order valence-corrected chi connectivity index (χ1v) is 11.5. The van der Waals surface area contributed by atoms with Gasteiger partial charge in [-0.2, -0.15) is 4.98 Å². The van der Waals surface area contributed by atoms with Gasteiger partial charge in [-0.15, -0.1) is 0 Å². The number of pyridine rings is 3. The molecule has 0 spiro atoms. The van der Waals surface area contributed by atoms with Gasteiger partial charge in [0.05, 0.1) is 18.9 Å². The molecule has 2 fully saturated rings. The SMILES string of the molecule is Nc1ccc(-c2cccc(C(=O)Cc3cc4oc(N5CCOCC5)nc4nc3C3CC3)n2)cn1. The van der Waals surface area contributed by atoms with E-state index in [0.29, 0.717) is 53.6 Å². The summed E-state index contributed by atoms with van der Waals surface area (Å²) in [5, 5.41) is 0. The van der Waals surface area contributed by atoms with Crippen LogP contribution in [0.2, 0.25) is 0 Å². The molecule has 0 atom stereocenters. The Morgan fingerprint density at radius 2 is 1.94 bits per heavy atom. The van der Waals surface area contributed by atoms with E-state index in [1.165, 1.54) is 0 Å². The number of morpholine rings is 1. The van der Waals surface area contributed by atoms with Gasteiger partial charge in [-0.3, -0.25) is 4.79 Å². The van der Waals surface area contributed by atoms with Crippen molar-refractivity contribution in [2.24, 2.45) is 0 Å². The summed E-state index contributed by atoms with van der Waals surface area (Å²) in [5.74, 6) is 0.743. The molecule has 9 heteroatoms. The summed E-state index contributed by atoms with van der Waals surface area (Å²) in [6.45, 7) is 2.77. The van der Waals surface area contributed by atoms with Crippen LogP contribution in [0, 0.1) is 0 Å². The predicted octanol–water partition coefficient (Wildman–Crippen LogP) is 3.40. The summed E-state index contributed by atoms with van der Waals surface area (Å²) >= 11 is 0. The number of fused-ring (bicyclic) bond motifs is 1. The van der Waals surface area contributed by atoms with Crippen LogP contribution in [0.1, 0.15) is 40.5 Å². The number of ether oxygens (including phenoxy) is 1. The monoisotopic (exact) mass is 456 g/mol. The number of hydrogen-bond acceptors (Lipinski definition) is 9. The maximum atomic E-state index is 13.2. The van der Waals surface area contributed by atoms with Crippen LogP contribution in [0.5, 0.6) is 0 Å². The fourth-order valence-corrected chi connectivity index (χ4v) is 4.22. The van der Waals surface area contributed by atoms with Gasteiger partial charge >= 0.3 is 0 Å². The van der Waals surface area contributed by atoms with E-state index in [2.05, 4.69) is 19.9 Å². The van der Waals surface area contributed by atoms with Gasteiger partial charge in [0.2, 0.25) is 5.65 Å². The number of hydrogen-bond donors (Lipinski definition) is 1. The van der Waals surface area contributed by atoms with E-state index in [1.807, 2.05) is 24.3 Å². The van der Waals surface area contributed by atoms with Crippen LogP contribution in [0.3, 0.4) is 0 Å². The van der Waals surface area contributed by atoms with Gasteiger partial charge in [-0.25, -0.2) is 15.0 Å². The highest BCUT2D eigenvalue weighted by Gasteiger charge is 2.30. The summed E-state index contributed by atoms with van der Waals surface area (Å²) in [7, 11) is 0. The molecule has 34 heavy (non-hydrogen) atoms. The third kappa shape index (κ3) is 4.10. The maximum Gasteiger partial charge on any atom is 0.300 e. The number of rotatable bonds is 6. The number of ketones is 1. The lowest BCUT2D eigenvalue weighted by Gasteiger charge is -2.24. The normalized spacial score (nSPS) is 16.2. The number of anilines is 2. The summed E-state index contributed by atoms with van der Waals surface area (Å²) in [6, 6.07) is 11.5. The molecule has 172 valence electrons. The molecular weight excluding hydrogens is 432 g/mol. The Labute approximate surface area is 196 Å². The van der Waals surface area contributed by atoms with Gasteiger partial charge in [0.1, 0.15) is 11.5 Å². The third-order valence-corrected chi connectivity index (χ3v) is 6.20. The average Bonchev–Trinajstić information content (AvgIpc) is 3.63. The van der Waals surface area contributed by atoms with E-state index < -0.39 is 0 Å². The van der Waals surface area contributed by atoms with Crippen molar-refractivity contribution in [3.05, 3.63) is 59.5 Å². The van der Waals surface area contributed by atoms with Gasteiger partial charge in [-0.05, 0) is 48.7 Å². The van der Waals surface area contributed by atoms with Crippen LogP contribution in [0.4, 0.5) is 11.8 Å². The Balaban J connectivity index is 1.29. The molecule has 9 nitrogen and oxygen atoms in total. The van der Waals surface area contributed by atoms with Gasteiger partial charge in [0, 0.05) is 42.9 Å². The van der Waals surface area contributed by atoms with E-state index in [-0.39, 0.29) is 12.2 Å². The number of carbonyl (C=O) groups is 1. The summed E-state index contributed by atoms with van der Waals surface area (Å²) in [6.07, 6.45) is 4.02. The first kappa shape index (κ1) is 20.7. The molecule has 0 bridgehead atoms. The van der Waals surface area contributed by atoms with E-state index in [9.17, 15) is 4.79 Å². The summed E-state index contributed by atoms with van der Waals surface area (Å²) in [4.78, 5) is 33.4. The van der Waals surface area contributed by atoms with Crippen molar-refractivity contribution in [1.82, 2.24) is 19.9 Å². The second kappa shape index (κ2) is 8.49. The van der Waals surface area contributed by atoms with Crippen LogP contribution in [-0.4, -0.2) is 52.0 Å². The smallest absolute Gasteiger partial charge is 0.300 e. The van der Waals surface area contributed by atoms with Crippen LogP contribution in [0.25, 0.3) is 22.5 Å². The number of Topliss-reactive ketones (excluding diaryl/α,β-unsaturated/α-hetero) is 1. The van der Waals surface area contributed by atoms with E-state index >= 15 is 0 Å². The molecule has 5 heterocycles. The van der Waals surface area contributed by atoms with Crippen LogP contribution in [-0.2, 0) is 11.2 Å². The van der Waals surface area contributed by atoms with Crippen LogP contribution < -0.4 is 10.6 Å². The molecule has 0 aromatic carbocycles. The second-order valence-electron chi connectivity index (χ2n) is 8.70. The minimum absolute atomic E-state index is 0.0683. The first-order valence-electron chi connectivity index (χ1n) is 11.5. The van der Waals surface area contributed by atoms with Crippen LogP contribution in [0.15, 0.2) is 47.0 Å². The maximum absolute atomic E-state index is 13.2. The Morgan fingerprint density at radius 1 is 1.09 bits per heavy atom. The first-order chi connectivity index (χ1) is 16.6. The molecule has 2 aliphatic rings. The highest BCUT2D eigenvalue weighted by Crippen LogP contribution is 2.42. The molecular formula is C25H24N6O3. The molecule has 1 aliphatic heterocycles. The Kier molecular flexibility index (Phi) is 5.18. The van der Waals surface area contributed by atoms with Crippen LogP contribution >= 0.6 is 0 Å². The fourth-order valence-electron chi connectivity index (χ4n) is 4.22. The molecule has 6 rings (SSSR count). The average molecular weight is 457 g/mol. The van der Waals surface area contributed by atoms with Crippen molar-refractivity contribution in [2.75, 3.05) is 36.9 Å². The molecule has 2 N–H and O–H groups in total. The number of nitrogens with two attached hydrogens (primary N) is 1. The molecule has 0 unspecified atom stereocenters. The molecule has 1 saturated heterocycles. The number of aromatic nitrogens is 4. The Bertz CT molecular complexity index is 1360. The van der Waals surface area contributed by atoms with Gasteiger partial charge < -0.3 is 19.8 Å². The topological polar surface area (TPSA) is 120 Å². The van der Waals surface area contributed by atoms with Crippen molar-refractivity contribution in [1.29, 1.82) is 0 Å². The van der Waals surface area contributed by atoms with Crippen molar-refractivity contribution in [3.8, 4) is 11.3 Å². The van der Waals surface area contributed by atoms with E-state index in [4.69, 9.17) is 19.9 Å². The number of nitrogens with zero attached hydrogens (tertiary/aromatic N) is 5. The molecule has 0 radical (unpaired) electrons. The van der Waals surface area contributed by atoms with Crippen molar-refractivity contribution in [2.45, 2.75) is 25.2 Å². The third-order valence-electron chi connectivity index (χ3n) is 6.20. The zero-order valence-electron chi connectivity index (χ0n) is 18.6. The van der Waals surface area contributed by atoms with Gasteiger partial charge in [-0.1, -0.05) is 6.07 Å². The number of carbonyl (C=O) groups excluding carboxylic acids is 1.